The van der Waals surface area contributed by atoms with Crippen LogP contribution in [0.25, 0.3) is 17.0 Å². The van der Waals surface area contributed by atoms with Crippen molar-refractivity contribution < 1.29 is 9.53 Å². The summed E-state index contributed by atoms with van der Waals surface area (Å²) in [6.07, 6.45) is 3.75. The largest absolute Gasteiger partial charge is 0.459 e. The SMILES string of the molecule is CC(C)OC(=O)C(Br)=Cc1cn(Cc2ccccc2)c2ccccc12. The summed E-state index contributed by atoms with van der Waals surface area (Å²) in [5, 5.41) is 1.10. The van der Waals surface area contributed by atoms with Crippen molar-refractivity contribution in [3.8, 4) is 0 Å². The van der Waals surface area contributed by atoms with Crippen LogP contribution in [0, 0.1) is 0 Å². The van der Waals surface area contributed by atoms with Crippen molar-refractivity contribution in [1.82, 2.24) is 4.57 Å². The van der Waals surface area contributed by atoms with Crippen LogP contribution in [-0.4, -0.2) is 16.6 Å². The summed E-state index contributed by atoms with van der Waals surface area (Å²) in [4.78, 5) is 12.0. The summed E-state index contributed by atoms with van der Waals surface area (Å²) < 4.78 is 7.86. The van der Waals surface area contributed by atoms with Crippen LogP contribution in [0.4, 0.5) is 0 Å². The van der Waals surface area contributed by atoms with Crippen LogP contribution in [0.1, 0.15) is 25.0 Å². The van der Waals surface area contributed by atoms with Crippen molar-refractivity contribution in [2.75, 3.05) is 0 Å². The first-order valence-electron chi connectivity index (χ1n) is 8.24. The van der Waals surface area contributed by atoms with Crippen molar-refractivity contribution in [3.05, 3.63) is 76.4 Å². The van der Waals surface area contributed by atoms with Gasteiger partial charge in [0.2, 0.25) is 0 Å². The molecule has 0 spiro atoms. The van der Waals surface area contributed by atoms with Gasteiger partial charge in [0.05, 0.1) is 6.10 Å². The second-order valence-corrected chi connectivity index (χ2v) is 7.02. The van der Waals surface area contributed by atoms with Crippen molar-refractivity contribution in [1.29, 1.82) is 0 Å². The summed E-state index contributed by atoms with van der Waals surface area (Å²) >= 11 is 3.35. The molecule has 0 N–H and O–H groups in total. The maximum absolute atomic E-state index is 12.0. The fourth-order valence-electron chi connectivity index (χ4n) is 2.77. The zero-order valence-electron chi connectivity index (χ0n) is 14.3. The Hall–Kier alpha value is -2.33. The molecule has 0 amide bonds. The highest BCUT2D eigenvalue weighted by atomic mass is 79.9. The lowest BCUT2D eigenvalue weighted by atomic mass is 10.1. The van der Waals surface area contributed by atoms with Gasteiger partial charge in [-0.2, -0.15) is 0 Å². The number of para-hydroxylation sites is 1. The van der Waals surface area contributed by atoms with E-state index in [4.69, 9.17) is 4.74 Å². The Morgan fingerprint density at radius 1 is 1.12 bits per heavy atom. The monoisotopic (exact) mass is 397 g/mol. The number of hydrogen-bond acceptors (Lipinski definition) is 2. The van der Waals surface area contributed by atoms with Crippen LogP contribution < -0.4 is 0 Å². The second-order valence-electron chi connectivity index (χ2n) is 6.16. The van der Waals surface area contributed by atoms with E-state index in [1.807, 2.05) is 50.3 Å². The molecule has 0 radical (unpaired) electrons. The first-order chi connectivity index (χ1) is 12.0. The molecule has 3 aromatic rings. The maximum atomic E-state index is 12.0. The molecular weight excluding hydrogens is 378 g/mol. The standard InChI is InChI=1S/C21H20BrNO2/c1-15(2)25-21(24)19(22)12-17-14-23(13-16-8-4-3-5-9-16)20-11-7-6-10-18(17)20/h3-12,14-15H,13H2,1-2H3. The Labute approximate surface area is 156 Å². The third-order valence-electron chi connectivity index (χ3n) is 3.84. The zero-order chi connectivity index (χ0) is 17.8. The van der Waals surface area contributed by atoms with Gasteiger partial charge in [0.1, 0.15) is 4.48 Å². The fourth-order valence-corrected chi connectivity index (χ4v) is 3.11. The Morgan fingerprint density at radius 3 is 2.52 bits per heavy atom. The number of hydrogen-bond donors (Lipinski definition) is 0. The van der Waals surface area contributed by atoms with Gasteiger partial charge in [-0.25, -0.2) is 4.79 Å². The van der Waals surface area contributed by atoms with Crippen LogP contribution in [-0.2, 0) is 16.1 Å². The van der Waals surface area contributed by atoms with E-state index in [9.17, 15) is 4.79 Å². The van der Waals surface area contributed by atoms with Gasteiger partial charge >= 0.3 is 5.97 Å². The predicted molar refractivity (Wildman–Crippen MR) is 106 cm³/mol. The minimum absolute atomic E-state index is 0.145. The molecular formula is C21H20BrNO2. The first kappa shape index (κ1) is 17.5. The van der Waals surface area contributed by atoms with Crippen LogP contribution in [0.2, 0.25) is 0 Å². The number of nitrogens with zero attached hydrogens (tertiary/aromatic N) is 1. The molecule has 0 aliphatic carbocycles. The summed E-state index contributed by atoms with van der Waals surface area (Å²) in [5.74, 6) is -0.352. The first-order valence-corrected chi connectivity index (χ1v) is 9.04. The third kappa shape index (κ3) is 4.20. The van der Waals surface area contributed by atoms with Crippen LogP contribution in [0.3, 0.4) is 0 Å². The number of esters is 1. The van der Waals surface area contributed by atoms with E-state index in [2.05, 4.69) is 51.0 Å². The molecule has 1 aromatic heterocycles. The Bertz CT molecular complexity index is 910. The number of fused-ring (bicyclic) bond motifs is 1. The van der Waals surface area contributed by atoms with Gasteiger partial charge in [0.15, 0.2) is 0 Å². The van der Waals surface area contributed by atoms with E-state index in [1.54, 1.807) is 0 Å². The predicted octanol–water partition coefficient (Wildman–Crippen LogP) is 5.38. The van der Waals surface area contributed by atoms with Crippen LogP contribution >= 0.6 is 15.9 Å². The van der Waals surface area contributed by atoms with E-state index in [0.29, 0.717) is 4.48 Å². The Morgan fingerprint density at radius 2 is 1.80 bits per heavy atom. The fraction of sp³-hybridized carbons (Fsp3) is 0.190. The molecule has 0 atom stereocenters. The van der Waals surface area contributed by atoms with E-state index in [0.717, 1.165) is 23.0 Å². The van der Waals surface area contributed by atoms with Gasteiger partial charge in [-0.3, -0.25) is 0 Å². The molecule has 0 fully saturated rings. The molecule has 0 aliphatic heterocycles. The van der Waals surface area contributed by atoms with Crippen molar-refractivity contribution >= 4 is 38.9 Å². The number of benzene rings is 2. The van der Waals surface area contributed by atoms with E-state index < -0.39 is 0 Å². The average molecular weight is 398 g/mol. The summed E-state index contributed by atoms with van der Waals surface area (Å²) in [7, 11) is 0. The second kappa shape index (κ2) is 7.70. The lowest BCUT2D eigenvalue weighted by Crippen LogP contribution is -2.10. The number of carbonyl (C=O) groups is 1. The number of halogens is 1. The van der Waals surface area contributed by atoms with E-state index >= 15 is 0 Å². The highest BCUT2D eigenvalue weighted by Gasteiger charge is 2.12. The third-order valence-corrected chi connectivity index (χ3v) is 4.39. The topological polar surface area (TPSA) is 31.2 Å². The summed E-state index contributed by atoms with van der Waals surface area (Å²) in [6, 6.07) is 18.5. The molecule has 3 nitrogen and oxygen atoms in total. The van der Waals surface area contributed by atoms with Gasteiger partial charge in [0.25, 0.3) is 0 Å². The molecule has 0 saturated carbocycles. The maximum Gasteiger partial charge on any atom is 0.345 e. The van der Waals surface area contributed by atoms with Crippen LogP contribution in [0.15, 0.2) is 65.3 Å². The minimum Gasteiger partial charge on any atom is -0.459 e. The quantitative estimate of drug-likeness (QED) is 0.427. The van der Waals surface area contributed by atoms with Crippen molar-refractivity contribution in [2.24, 2.45) is 0 Å². The molecule has 1 heterocycles. The van der Waals surface area contributed by atoms with Gasteiger partial charge in [-0.15, -0.1) is 0 Å². The average Bonchev–Trinajstić information content (AvgIpc) is 2.93. The number of aromatic nitrogens is 1. The molecule has 0 aliphatic rings. The molecule has 0 saturated heterocycles. The minimum atomic E-state index is -0.352. The lowest BCUT2D eigenvalue weighted by Gasteiger charge is -2.06. The van der Waals surface area contributed by atoms with Gasteiger partial charge in [-0.1, -0.05) is 48.5 Å². The Kier molecular flexibility index (Phi) is 5.39. The van der Waals surface area contributed by atoms with Crippen molar-refractivity contribution in [2.45, 2.75) is 26.5 Å². The molecule has 4 heteroatoms. The molecule has 128 valence electrons. The highest BCUT2D eigenvalue weighted by Crippen LogP contribution is 2.26. The zero-order valence-corrected chi connectivity index (χ0v) is 15.9. The smallest absolute Gasteiger partial charge is 0.345 e. The number of ether oxygens (including phenoxy) is 1. The molecule has 3 rings (SSSR count). The van der Waals surface area contributed by atoms with Crippen LogP contribution in [0.5, 0.6) is 0 Å². The molecule has 0 unspecified atom stereocenters. The van der Waals surface area contributed by atoms with Crippen molar-refractivity contribution in [3.63, 3.8) is 0 Å². The number of rotatable bonds is 5. The van der Waals surface area contributed by atoms with E-state index in [-0.39, 0.29) is 12.1 Å². The normalized spacial score (nSPS) is 11.9. The summed E-state index contributed by atoms with van der Waals surface area (Å²) in [6.45, 7) is 4.46. The van der Waals surface area contributed by atoms with Gasteiger partial charge in [-0.05, 0) is 47.5 Å². The number of carbonyl (C=O) groups excluding carboxylic acids is 1. The molecule has 0 bridgehead atoms. The molecule has 2 aromatic carbocycles. The lowest BCUT2D eigenvalue weighted by molar-refractivity contribution is -0.141. The Balaban J connectivity index is 1.98. The van der Waals surface area contributed by atoms with E-state index in [1.165, 1.54) is 5.56 Å². The summed E-state index contributed by atoms with van der Waals surface area (Å²) in [5.41, 5.74) is 3.35. The highest BCUT2D eigenvalue weighted by molar-refractivity contribution is 9.12. The van der Waals surface area contributed by atoms with Gasteiger partial charge < -0.3 is 9.30 Å². The van der Waals surface area contributed by atoms with Gasteiger partial charge in [0, 0.05) is 29.2 Å². The molecule has 25 heavy (non-hydrogen) atoms.